The number of carbonyl (C=O) groups excluding carboxylic acids is 1. The van der Waals surface area contributed by atoms with Crippen molar-refractivity contribution in [3.8, 4) is 5.75 Å². The van der Waals surface area contributed by atoms with Gasteiger partial charge in [0, 0.05) is 31.7 Å². The summed E-state index contributed by atoms with van der Waals surface area (Å²) in [6.45, 7) is 0.0557. The summed E-state index contributed by atoms with van der Waals surface area (Å²) in [5.74, 6) is -1.14. The number of alkyl halides is 3. The third-order valence-electron chi connectivity index (χ3n) is 4.74. The van der Waals surface area contributed by atoms with Crippen LogP contribution in [0.5, 0.6) is 5.75 Å². The highest BCUT2D eigenvalue weighted by Crippen LogP contribution is 2.30. The lowest BCUT2D eigenvalue weighted by Crippen LogP contribution is -2.50. The van der Waals surface area contributed by atoms with Crippen LogP contribution in [0.3, 0.4) is 0 Å². The van der Waals surface area contributed by atoms with Crippen molar-refractivity contribution < 1.29 is 35.5 Å². The van der Waals surface area contributed by atoms with Crippen molar-refractivity contribution in [2.45, 2.75) is 11.1 Å². The average molecular weight is 446 g/mol. The Morgan fingerprint density at radius 1 is 1.00 bits per heavy atom. The minimum Gasteiger partial charge on any atom is -0.494 e. The molecule has 0 atom stereocenters. The lowest BCUT2D eigenvalue weighted by molar-refractivity contribution is -0.137. The third-order valence-corrected chi connectivity index (χ3v) is 6.66. The zero-order chi connectivity index (χ0) is 22.1. The van der Waals surface area contributed by atoms with E-state index in [9.17, 15) is 30.8 Å². The summed E-state index contributed by atoms with van der Waals surface area (Å²) in [6, 6.07) is 7.04. The maximum atomic E-state index is 13.8. The van der Waals surface area contributed by atoms with E-state index in [-0.39, 0.29) is 42.4 Å². The Morgan fingerprint density at radius 2 is 1.60 bits per heavy atom. The second kappa shape index (κ2) is 8.23. The molecule has 162 valence electrons. The highest BCUT2D eigenvalue weighted by molar-refractivity contribution is 7.89. The van der Waals surface area contributed by atoms with Gasteiger partial charge in [-0.05, 0) is 42.5 Å². The fraction of sp³-hybridized carbons (Fsp3) is 0.316. The van der Waals surface area contributed by atoms with Crippen molar-refractivity contribution in [1.82, 2.24) is 9.21 Å². The van der Waals surface area contributed by atoms with E-state index < -0.39 is 33.5 Å². The largest absolute Gasteiger partial charge is 0.494 e. The fourth-order valence-electron chi connectivity index (χ4n) is 3.08. The molecular weight excluding hydrogens is 428 g/mol. The van der Waals surface area contributed by atoms with Crippen molar-refractivity contribution in [3.05, 3.63) is 59.4 Å². The van der Waals surface area contributed by atoms with Crippen LogP contribution in [-0.2, 0) is 16.2 Å². The van der Waals surface area contributed by atoms with Crippen LogP contribution in [0.25, 0.3) is 0 Å². The number of piperazine rings is 1. The number of amides is 1. The van der Waals surface area contributed by atoms with Crippen LogP contribution in [-0.4, -0.2) is 56.8 Å². The van der Waals surface area contributed by atoms with E-state index >= 15 is 0 Å². The molecule has 0 radical (unpaired) electrons. The van der Waals surface area contributed by atoms with Gasteiger partial charge in [-0.1, -0.05) is 0 Å². The molecular formula is C19H18F4N2O4S. The van der Waals surface area contributed by atoms with Crippen LogP contribution in [0.1, 0.15) is 15.9 Å². The summed E-state index contributed by atoms with van der Waals surface area (Å²) in [7, 11) is -2.70. The van der Waals surface area contributed by atoms with Gasteiger partial charge in [0.25, 0.3) is 5.91 Å². The molecule has 0 aromatic heterocycles. The Labute approximate surface area is 170 Å². The first kappa shape index (κ1) is 22.0. The Kier molecular flexibility index (Phi) is 6.04. The van der Waals surface area contributed by atoms with E-state index in [0.29, 0.717) is 12.1 Å². The molecule has 6 nitrogen and oxygen atoms in total. The zero-order valence-electron chi connectivity index (χ0n) is 15.8. The molecule has 1 heterocycles. The summed E-state index contributed by atoms with van der Waals surface area (Å²) < 4.78 is 83.1. The minimum atomic E-state index is -4.56. The van der Waals surface area contributed by atoms with Crippen LogP contribution < -0.4 is 4.74 Å². The van der Waals surface area contributed by atoms with Crippen molar-refractivity contribution in [3.63, 3.8) is 0 Å². The predicted octanol–water partition coefficient (Wildman–Crippen LogP) is 3.00. The molecule has 1 aliphatic rings. The van der Waals surface area contributed by atoms with Gasteiger partial charge in [-0.3, -0.25) is 4.79 Å². The van der Waals surface area contributed by atoms with Gasteiger partial charge in [-0.2, -0.15) is 17.5 Å². The number of hydrogen-bond donors (Lipinski definition) is 0. The molecule has 1 fully saturated rings. The van der Waals surface area contributed by atoms with Gasteiger partial charge in [0.05, 0.1) is 17.6 Å². The van der Waals surface area contributed by atoms with Crippen LogP contribution >= 0.6 is 0 Å². The second-order valence-corrected chi connectivity index (χ2v) is 8.51. The Bertz CT molecular complexity index is 1030. The van der Waals surface area contributed by atoms with E-state index in [4.69, 9.17) is 4.74 Å². The maximum absolute atomic E-state index is 13.8. The third kappa shape index (κ3) is 4.41. The SMILES string of the molecule is COc1ccc(C(=O)N2CCN(S(=O)(=O)c3ccc(C(F)(F)F)cc3)CC2)cc1F. The number of carbonyl (C=O) groups is 1. The lowest BCUT2D eigenvalue weighted by atomic mass is 10.1. The summed E-state index contributed by atoms with van der Waals surface area (Å²) >= 11 is 0. The molecule has 0 spiro atoms. The van der Waals surface area contributed by atoms with Gasteiger partial charge < -0.3 is 9.64 Å². The smallest absolute Gasteiger partial charge is 0.416 e. The number of benzene rings is 2. The topological polar surface area (TPSA) is 66.9 Å². The van der Waals surface area contributed by atoms with Crippen molar-refractivity contribution in [2.24, 2.45) is 0 Å². The van der Waals surface area contributed by atoms with Gasteiger partial charge in [-0.25, -0.2) is 12.8 Å². The quantitative estimate of drug-likeness (QED) is 0.678. The number of sulfonamides is 1. The average Bonchev–Trinajstić information content (AvgIpc) is 2.72. The molecule has 1 amide bonds. The van der Waals surface area contributed by atoms with Gasteiger partial charge in [-0.15, -0.1) is 0 Å². The molecule has 1 saturated heterocycles. The van der Waals surface area contributed by atoms with Gasteiger partial charge >= 0.3 is 6.18 Å². The summed E-state index contributed by atoms with van der Waals surface area (Å²) in [5.41, 5.74) is -0.837. The predicted molar refractivity (Wildman–Crippen MR) is 99.1 cm³/mol. The fourth-order valence-corrected chi connectivity index (χ4v) is 4.50. The maximum Gasteiger partial charge on any atom is 0.416 e. The first-order chi connectivity index (χ1) is 14.0. The first-order valence-corrected chi connectivity index (χ1v) is 10.3. The minimum absolute atomic E-state index is 0.000922. The van der Waals surface area contributed by atoms with Crippen LogP contribution in [0.2, 0.25) is 0 Å². The molecule has 30 heavy (non-hydrogen) atoms. The van der Waals surface area contributed by atoms with Crippen LogP contribution in [0, 0.1) is 5.82 Å². The first-order valence-electron chi connectivity index (χ1n) is 8.84. The molecule has 11 heteroatoms. The van der Waals surface area contributed by atoms with E-state index in [1.54, 1.807) is 0 Å². The molecule has 2 aromatic carbocycles. The number of halogens is 4. The lowest BCUT2D eigenvalue weighted by Gasteiger charge is -2.34. The molecule has 1 aliphatic heterocycles. The second-order valence-electron chi connectivity index (χ2n) is 6.57. The van der Waals surface area contributed by atoms with Crippen molar-refractivity contribution >= 4 is 15.9 Å². The summed E-state index contributed by atoms with van der Waals surface area (Å²) in [5, 5.41) is 0. The molecule has 2 aromatic rings. The zero-order valence-corrected chi connectivity index (χ0v) is 16.6. The highest BCUT2D eigenvalue weighted by atomic mass is 32.2. The molecule has 0 saturated carbocycles. The molecule has 0 N–H and O–H groups in total. The molecule has 0 bridgehead atoms. The Balaban J connectivity index is 1.68. The number of ether oxygens (including phenoxy) is 1. The van der Waals surface area contributed by atoms with E-state index in [2.05, 4.69) is 0 Å². The molecule has 0 unspecified atom stereocenters. The van der Waals surface area contributed by atoms with Crippen molar-refractivity contribution in [1.29, 1.82) is 0 Å². The number of methoxy groups -OCH3 is 1. The standard InChI is InChI=1S/C19H18F4N2O4S/c1-29-17-7-2-13(12-16(17)20)18(26)24-8-10-25(11-9-24)30(27,28)15-5-3-14(4-6-15)19(21,22)23/h2-7,12H,8-11H2,1H3. The van der Waals surface area contributed by atoms with E-state index in [0.717, 1.165) is 22.5 Å². The van der Waals surface area contributed by atoms with Gasteiger partial charge in [0.1, 0.15) is 0 Å². The highest BCUT2D eigenvalue weighted by Gasteiger charge is 2.33. The van der Waals surface area contributed by atoms with Gasteiger partial charge in [0.15, 0.2) is 11.6 Å². The number of rotatable bonds is 4. The van der Waals surface area contributed by atoms with Gasteiger partial charge in [0.2, 0.25) is 10.0 Å². The summed E-state index contributed by atoms with van der Waals surface area (Å²) in [6.07, 6.45) is -4.56. The molecule has 3 rings (SSSR count). The molecule has 0 aliphatic carbocycles. The number of nitrogens with zero attached hydrogens (tertiary/aromatic N) is 2. The van der Waals surface area contributed by atoms with E-state index in [1.807, 2.05) is 0 Å². The number of hydrogen-bond acceptors (Lipinski definition) is 4. The van der Waals surface area contributed by atoms with Crippen molar-refractivity contribution in [2.75, 3.05) is 33.3 Å². The van der Waals surface area contributed by atoms with Crippen LogP contribution in [0.15, 0.2) is 47.4 Å². The normalized spacial score (nSPS) is 15.8. The monoisotopic (exact) mass is 446 g/mol. The Hall–Kier alpha value is -2.66. The van der Waals surface area contributed by atoms with E-state index in [1.165, 1.54) is 24.1 Å². The summed E-state index contributed by atoms with van der Waals surface area (Å²) in [4.78, 5) is 13.7. The van der Waals surface area contributed by atoms with Crippen LogP contribution in [0.4, 0.5) is 17.6 Å². The Morgan fingerprint density at radius 3 is 2.10 bits per heavy atom.